The molecule has 0 atom stereocenters. The number of hydrogen-bond acceptors (Lipinski definition) is 8. The van der Waals surface area contributed by atoms with Gasteiger partial charge in [-0.15, -0.1) is 11.3 Å². The number of rotatable bonds is 6. The lowest BCUT2D eigenvalue weighted by atomic mass is 10.1. The zero-order valence-electron chi connectivity index (χ0n) is 16.7. The fourth-order valence-corrected chi connectivity index (χ4v) is 4.01. The molecule has 10 heteroatoms. The lowest BCUT2D eigenvalue weighted by Gasteiger charge is -2.09. The van der Waals surface area contributed by atoms with E-state index in [2.05, 4.69) is 15.2 Å². The maximum absolute atomic E-state index is 13.0. The Kier molecular flexibility index (Phi) is 4.75. The second-order valence-corrected chi connectivity index (χ2v) is 7.57. The normalized spacial score (nSPS) is 11.2. The number of benzene rings is 1. The topological polar surface area (TPSA) is 96.7 Å². The predicted octanol–water partition coefficient (Wildman–Crippen LogP) is 3.34. The summed E-state index contributed by atoms with van der Waals surface area (Å²) in [7, 11) is 3.11. The summed E-state index contributed by atoms with van der Waals surface area (Å²) in [6.45, 7) is 0.133. The van der Waals surface area contributed by atoms with Gasteiger partial charge in [0.2, 0.25) is 11.7 Å². The molecule has 0 N–H and O–H groups in total. The van der Waals surface area contributed by atoms with Crippen LogP contribution in [-0.4, -0.2) is 38.5 Å². The van der Waals surface area contributed by atoms with Crippen molar-refractivity contribution in [1.29, 1.82) is 0 Å². The van der Waals surface area contributed by atoms with Gasteiger partial charge in [-0.2, -0.15) is 10.1 Å². The molecule has 4 heterocycles. The van der Waals surface area contributed by atoms with Crippen molar-refractivity contribution in [3.63, 3.8) is 0 Å². The summed E-state index contributed by atoms with van der Waals surface area (Å²) in [5.74, 6) is 1.72. The smallest absolute Gasteiger partial charge is 0.277 e. The van der Waals surface area contributed by atoms with E-state index < -0.39 is 0 Å². The molecule has 5 rings (SSSR count). The van der Waals surface area contributed by atoms with Crippen LogP contribution in [0.5, 0.6) is 11.5 Å². The molecule has 156 valence electrons. The maximum atomic E-state index is 13.0. The molecule has 5 aromatic rings. The largest absolute Gasteiger partial charge is 0.493 e. The van der Waals surface area contributed by atoms with Crippen LogP contribution in [0.2, 0.25) is 0 Å². The van der Waals surface area contributed by atoms with Crippen LogP contribution < -0.4 is 15.0 Å². The van der Waals surface area contributed by atoms with Gasteiger partial charge in [-0.1, -0.05) is 17.3 Å². The van der Waals surface area contributed by atoms with Crippen molar-refractivity contribution in [1.82, 2.24) is 24.3 Å². The summed E-state index contributed by atoms with van der Waals surface area (Å²) < 4.78 is 19.2. The van der Waals surface area contributed by atoms with Crippen LogP contribution in [0.15, 0.2) is 63.5 Å². The lowest BCUT2D eigenvalue weighted by molar-refractivity contribution is 0.354. The van der Waals surface area contributed by atoms with E-state index in [4.69, 9.17) is 14.0 Å². The molecular weight excluding hydrogens is 418 g/mol. The summed E-state index contributed by atoms with van der Waals surface area (Å²) in [5, 5.41) is 10.5. The van der Waals surface area contributed by atoms with Crippen molar-refractivity contribution >= 4 is 16.9 Å². The maximum Gasteiger partial charge on any atom is 0.277 e. The van der Waals surface area contributed by atoms with Gasteiger partial charge in [0.25, 0.3) is 5.56 Å². The standard InChI is InChI=1S/C21H17N5O4S/c1-28-16-6-3-5-13(19(16)29-2)20-22-18(30-24-20)12-25-8-9-26-15(21(25)27)11-14(23-26)17-7-4-10-31-17/h3-11H,12H2,1-2H3. The number of fused-ring (bicyclic) bond motifs is 1. The van der Waals surface area contributed by atoms with Crippen LogP contribution in [0.1, 0.15) is 5.89 Å². The Bertz CT molecular complexity index is 1420. The first-order chi connectivity index (χ1) is 15.2. The van der Waals surface area contributed by atoms with Gasteiger partial charge in [-0.05, 0) is 29.6 Å². The molecule has 31 heavy (non-hydrogen) atoms. The first-order valence-corrected chi connectivity index (χ1v) is 10.2. The van der Waals surface area contributed by atoms with Crippen molar-refractivity contribution in [3.8, 4) is 33.5 Å². The number of nitrogens with zero attached hydrogens (tertiary/aromatic N) is 5. The fraction of sp³-hybridized carbons (Fsp3) is 0.143. The van der Waals surface area contributed by atoms with Gasteiger partial charge in [-0.25, -0.2) is 4.52 Å². The van der Waals surface area contributed by atoms with Crippen molar-refractivity contribution in [2.24, 2.45) is 0 Å². The molecule has 0 saturated heterocycles. The summed E-state index contributed by atoms with van der Waals surface area (Å²) in [4.78, 5) is 18.4. The Morgan fingerprint density at radius 1 is 1.13 bits per heavy atom. The highest BCUT2D eigenvalue weighted by Crippen LogP contribution is 2.36. The van der Waals surface area contributed by atoms with E-state index in [0.29, 0.717) is 34.3 Å². The minimum atomic E-state index is -0.198. The second kappa shape index (κ2) is 7.73. The van der Waals surface area contributed by atoms with Crippen LogP contribution >= 0.6 is 11.3 Å². The van der Waals surface area contributed by atoms with E-state index in [1.165, 1.54) is 4.57 Å². The average molecular weight is 435 g/mol. The van der Waals surface area contributed by atoms with Crippen molar-refractivity contribution < 1.29 is 14.0 Å². The molecule has 9 nitrogen and oxygen atoms in total. The highest BCUT2D eigenvalue weighted by molar-refractivity contribution is 7.13. The van der Waals surface area contributed by atoms with E-state index in [1.807, 2.05) is 29.6 Å². The Labute approximate surface area is 180 Å². The van der Waals surface area contributed by atoms with Gasteiger partial charge >= 0.3 is 0 Å². The molecule has 0 aliphatic carbocycles. The third-order valence-corrected chi connectivity index (χ3v) is 5.69. The first kappa shape index (κ1) is 19.1. The van der Waals surface area contributed by atoms with Crippen molar-refractivity contribution in [2.45, 2.75) is 6.54 Å². The summed E-state index contributed by atoms with van der Waals surface area (Å²) >= 11 is 1.57. The molecule has 0 bridgehead atoms. The Morgan fingerprint density at radius 3 is 2.81 bits per heavy atom. The Balaban J connectivity index is 1.47. The molecule has 0 radical (unpaired) electrons. The van der Waals surface area contributed by atoms with E-state index in [0.717, 1.165) is 10.6 Å². The lowest BCUT2D eigenvalue weighted by Crippen LogP contribution is -2.21. The minimum absolute atomic E-state index is 0.133. The summed E-state index contributed by atoms with van der Waals surface area (Å²) in [5.41, 5.74) is 1.67. The minimum Gasteiger partial charge on any atom is -0.493 e. The highest BCUT2D eigenvalue weighted by Gasteiger charge is 2.18. The number of aromatic nitrogens is 5. The third-order valence-electron chi connectivity index (χ3n) is 4.79. The number of thiophene rings is 1. The van der Waals surface area contributed by atoms with Crippen LogP contribution in [0.25, 0.3) is 27.5 Å². The molecule has 0 fully saturated rings. The molecular formula is C21H17N5O4S. The summed E-state index contributed by atoms with van der Waals surface area (Å²) in [6, 6.07) is 11.1. The van der Waals surface area contributed by atoms with Gasteiger partial charge in [0, 0.05) is 12.4 Å². The summed E-state index contributed by atoms with van der Waals surface area (Å²) in [6.07, 6.45) is 3.38. The second-order valence-electron chi connectivity index (χ2n) is 6.62. The van der Waals surface area contributed by atoms with Gasteiger partial charge < -0.3 is 18.6 Å². The predicted molar refractivity (Wildman–Crippen MR) is 115 cm³/mol. The molecule has 0 amide bonds. The molecule has 0 aliphatic rings. The van der Waals surface area contributed by atoms with Gasteiger partial charge in [0.15, 0.2) is 11.5 Å². The van der Waals surface area contributed by atoms with Crippen LogP contribution in [0.4, 0.5) is 0 Å². The molecule has 0 spiro atoms. The number of methoxy groups -OCH3 is 2. The van der Waals surface area contributed by atoms with Crippen LogP contribution in [-0.2, 0) is 6.54 Å². The molecule has 0 unspecified atom stereocenters. The number of hydrogen-bond donors (Lipinski definition) is 0. The van der Waals surface area contributed by atoms with Crippen LogP contribution in [0, 0.1) is 0 Å². The molecule has 1 aromatic carbocycles. The average Bonchev–Trinajstić information content (AvgIpc) is 3.55. The van der Waals surface area contributed by atoms with E-state index in [9.17, 15) is 4.79 Å². The zero-order chi connectivity index (χ0) is 21.4. The third kappa shape index (κ3) is 3.36. The quantitative estimate of drug-likeness (QED) is 0.403. The van der Waals surface area contributed by atoms with E-state index in [1.54, 1.807) is 54.6 Å². The fourth-order valence-electron chi connectivity index (χ4n) is 3.33. The van der Waals surface area contributed by atoms with Gasteiger partial charge in [0.1, 0.15) is 17.8 Å². The van der Waals surface area contributed by atoms with Gasteiger partial charge in [-0.3, -0.25) is 4.79 Å². The number of ether oxygens (including phenoxy) is 2. The first-order valence-electron chi connectivity index (χ1n) is 9.34. The molecule has 4 aromatic heterocycles. The van der Waals surface area contributed by atoms with E-state index in [-0.39, 0.29) is 12.1 Å². The number of para-hydroxylation sites is 1. The monoisotopic (exact) mass is 435 g/mol. The Hall–Kier alpha value is -3.92. The SMILES string of the molecule is COc1cccc(-c2noc(Cn3ccn4nc(-c5cccs5)cc4c3=O)n2)c1OC. The van der Waals surface area contributed by atoms with Gasteiger partial charge in [0.05, 0.1) is 24.7 Å². The molecule has 0 aliphatic heterocycles. The van der Waals surface area contributed by atoms with Crippen LogP contribution in [0.3, 0.4) is 0 Å². The molecule has 0 saturated carbocycles. The van der Waals surface area contributed by atoms with Crippen molar-refractivity contribution in [2.75, 3.05) is 14.2 Å². The zero-order valence-corrected chi connectivity index (χ0v) is 17.5. The van der Waals surface area contributed by atoms with Crippen molar-refractivity contribution in [3.05, 3.63) is 70.4 Å². The van der Waals surface area contributed by atoms with E-state index >= 15 is 0 Å². The Morgan fingerprint density at radius 2 is 2.03 bits per heavy atom. The highest BCUT2D eigenvalue weighted by atomic mass is 32.1.